The van der Waals surface area contributed by atoms with E-state index in [9.17, 15) is 5.21 Å². The van der Waals surface area contributed by atoms with Gasteiger partial charge in [-0.1, -0.05) is 0 Å². The highest BCUT2D eigenvalue weighted by Gasteiger charge is 2.31. The summed E-state index contributed by atoms with van der Waals surface area (Å²) in [5.41, 5.74) is 0. The number of rotatable bonds is 6. The van der Waals surface area contributed by atoms with Crippen LogP contribution in [-0.4, -0.2) is 45.8 Å². The molecule has 0 radical (unpaired) electrons. The van der Waals surface area contributed by atoms with Gasteiger partial charge in [0.05, 0.1) is 0 Å². The normalized spacial score (nSPS) is 28.5. The zero-order valence-corrected chi connectivity index (χ0v) is 8.60. The van der Waals surface area contributed by atoms with Crippen molar-refractivity contribution in [3.8, 4) is 0 Å². The van der Waals surface area contributed by atoms with Gasteiger partial charge in [0, 0.05) is 25.3 Å². The van der Waals surface area contributed by atoms with E-state index >= 15 is 0 Å². The monoisotopic (exact) mass is 203 g/mol. The van der Waals surface area contributed by atoms with E-state index in [1.807, 2.05) is 0 Å². The van der Waals surface area contributed by atoms with Gasteiger partial charge in [-0.25, -0.2) is 0 Å². The first kappa shape index (κ1) is 11.9. The van der Waals surface area contributed by atoms with Crippen LogP contribution in [0.4, 0.5) is 0 Å². The van der Waals surface area contributed by atoms with Crippen molar-refractivity contribution in [1.29, 1.82) is 0 Å². The van der Waals surface area contributed by atoms with E-state index in [1.54, 1.807) is 0 Å². The van der Waals surface area contributed by atoms with Crippen LogP contribution in [0.25, 0.3) is 0 Å². The SMILES string of the molecule is OCCCC1CCC(CCCO)N1O. The smallest absolute Gasteiger partial charge is 0.0431 e. The molecule has 0 bridgehead atoms. The second kappa shape index (κ2) is 6.35. The lowest BCUT2D eigenvalue weighted by Crippen LogP contribution is -2.33. The van der Waals surface area contributed by atoms with Crippen LogP contribution in [0.5, 0.6) is 0 Å². The Morgan fingerprint density at radius 1 is 0.929 bits per heavy atom. The van der Waals surface area contributed by atoms with E-state index < -0.39 is 0 Å². The fourth-order valence-corrected chi connectivity index (χ4v) is 2.15. The quantitative estimate of drug-likeness (QED) is 0.596. The molecule has 2 unspecified atom stereocenters. The first-order valence-corrected chi connectivity index (χ1v) is 5.48. The number of hydrogen-bond acceptors (Lipinski definition) is 4. The molecular formula is C10H21NO3. The molecular weight excluding hydrogens is 182 g/mol. The first-order chi connectivity index (χ1) is 6.79. The predicted molar refractivity (Wildman–Crippen MR) is 53.1 cm³/mol. The number of hydroxylamine groups is 2. The highest BCUT2D eigenvalue weighted by atomic mass is 16.5. The molecule has 0 aromatic carbocycles. The minimum atomic E-state index is 0.200. The van der Waals surface area contributed by atoms with Crippen molar-refractivity contribution in [1.82, 2.24) is 5.06 Å². The van der Waals surface area contributed by atoms with E-state index in [0.29, 0.717) is 0 Å². The van der Waals surface area contributed by atoms with Crippen molar-refractivity contribution in [2.45, 2.75) is 50.6 Å². The standard InChI is InChI=1S/C10H21NO3/c12-7-1-3-9-5-6-10(11(9)14)4-2-8-13/h9-10,12-14H,1-8H2. The molecule has 4 nitrogen and oxygen atoms in total. The largest absolute Gasteiger partial charge is 0.396 e. The van der Waals surface area contributed by atoms with E-state index in [2.05, 4.69) is 0 Å². The van der Waals surface area contributed by atoms with Gasteiger partial charge in [0.25, 0.3) is 0 Å². The maximum Gasteiger partial charge on any atom is 0.0431 e. The van der Waals surface area contributed by atoms with Gasteiger partial charge >= 0.3 is 0 Å². The first-order valence-electron chi connectivity index (χ1n) is 5.48. The molecule has 0 amide bonds. The number of nitrogens with zero attached hydrogens (tertiary/aromatic N) is 1. The number of aliphatic hydroxyl groups excluding tert-OH is 2. The molecule has 4 heteroatoms. The second-order valence-electron chi connectivity index (χ2n) is 4.00. The van der Waals surface area contributed by atoms with Crippen LogP contribution in [0.3, 0.4) is 0 Å². The molecule has 1 heterocycles. The third-order valence-corrected chi connectivity index (χ3v) is 2.97. The fraction of sp³-hybridized carbons (Fsp3) is 1.00. The summed E-state index contributed by atoms with van der Waals surface area (Å²) in [6, 6.07) is 0.427. The lowest BCUT2D eigenvalue weighted by Gasteiger charge is -2.23. The van der Waals surface area contributed by atoms with E-state index in [0.717, 1.165) is 38.5 Å². The maximum atomic E-state index is 9.77. The molecule has 0 aliphatic carbocycles. The van der Waals surface area contributed by atoms with E-state index in [4.69, 9.17) is 10.2 Å². The summed E-state index contributed by atoms with van der Waals surface area (Å²) < 4.78 is 0. The Kier molecular flexibility index (Phi) is 5.40. The summed E-state index contributed by atoms with van der Waals surface area (Å²) in [6.45, 7) is 0.400. The third kappa shape index (κ3) is 3.20. The lowest BCUT2D eigenvalue weighted by molar-refractivity contribution is -0.137. The third-order valence-electron chi connectivity index (χ3n) is 2.97. The summed E-state index contributed by atoms with van der Waals surface area (Å²) >= 11 is 0. The average molecular weight is 203 g/mol. The van der Waals surface area contributed by atoms with Crippen LogP contribution >= 0.6 is 0 Å². The fourth-order valence-electron chi connectivity index (χ4n) is 2.15. The summed E-state index contributed by atoms with van der Waals surface area (Å²) in [4.78, 5) is 0. The van der Waals surface area contributed by atoms with Crippen molar-refractivity contribution < 1.29 is 15.4 Å². The molecule has 1 aliphatic rings. The molecule has 0 aromatic heterocycles. The average Bonchev–Trinajstić information content (AvgIpc) is 2.54. The second-order valence-corrected chi connectivity index (χ2v) is 4.00. The zero-order chi connectivity index (χ0) is 10.4. The van der Waals surface area contributed by atoms with Gasteiger partial charge in [-0.3, -0.25) is 0 Å². The van der Waals surface area contributed by atoms with Crippen LogP contribution in [0.2, 0.25) is 0 Å². The van der Waals surface area contributed by atoms with Gasteiger partial charge in [0.15, 0.2) is 0 Å². The minimum Gasteiger partial charge on any atom is -0.396 e. The van der Waals surface area contributed by atoms with Crippen LogP contribution in [0.15, 0.2) is 0 Å². The van der Waals surface area contributed by atoms with Crippen molar-refractivity contribution in [2.24, 2.45) is 0 Å². The van der Waals surface area contributed by atoms with Gasteiger partial charge in [0.2, 0.25) is 0 Å². The molecule has 0 aromatic rings. The van der Waals surface area contributed by atoms with Crippen LogP contribution < -0.4 is 0 Å². The Morgan fingerprint density at radius 2 is 1.36 bits per heavy atom. The van der Waals surface area contributed by atoms with Crippen LogP contribution in [0.1, 0.15) is 38.5 Å². The zero-order valence-electron chi connectivity index (χ0n) is 8.60. The van der Waals surface area contributed by atoms with Crippen molar-refractivity contribution >= 4 is 0 Å². The molecule has 1 fully saturated rings. The van der Waals surface area contributed by atoms with Crippen LogP contribution in [-0.2, 0) is 0 Å². The maximum absolute atomic E-state index is 9.77. The van der Waals surface area contributed by atoms with Crippen LogP contribution in [0, 0.1) is 0 Å². The van der Waals surface area contributed by atoms with Gasteiger partial charge in [0.1, 0.15) is 0 Å². The van der Waals surface area contributed by atoms with Gasteiger partial charge in [-0.05, 0) is 38.5 Å². The molecule has 3 N–H and O–H groups in total. The molecule has 1 aliphatic heterocycles. The molecule has 14 heavy (non-hydrogen) atoms. The predicted octanol–water partition coefficient (Wildman–Crippen LogP) is 0.754. The summed E-state index contributed by atoms with van der Waals surface area (Å²) in [5, 5.41) is 28.6. The lowest BCUT2D eigenvalue weighted by atomic mass is 10.1. The molecule has 84 valence electrons. The Bertz CT molecular complexity index is 138. The summed E-state index contributed by atoms with van der Waals surface area (Å²) in [5.74, 6) is 0. The Hall–Kier alpha value is -0.160. The Morgan fingerprint density at radius 3 is 1.71 bits per heavy atom. The number of aliphatic hydroxyl groups is 2. The Balaban J connectivity index is 2.24. The highest BCUT2D eigenvalue weighted by molar-refractivity contribution is 4.82. The van der Waals surface area contributed by atoms with Crippen molar-refractivity contribution in [2.75, 3.05) is 13.2 Å². The summed E-state index contributed by atoms with van der Waals surface area (Å²) in [7, 11) is 0. The minimum absolute atomic E-state index is 0.200. The Labute approximate surface area is 85.1 Å². The van der Waals surface area contributed by atoms with Gasteiger partial charge < -0.3 is 15.4 Å². The summed E-state index contributed by atoms with van der Waals surface area (Å²) in [6.07, 6.45) is 5.26. The molecule has 1 rings (SSSR count). The topological polar surface area (TPSA) is 63.9 Å². The van der Waals surface area contributed by atoms with E-state index in [-0.39, 0.29) is 25.3 Å². The molecule has 2 atom stereocenters. The van der Waals surface area contributed by atoms with Crippen molar-refractivity contribution in [3.63, 3.8) is 0 Å². The molecule has 1 saturated heterocycles. The van der Waals surface area contributed by atoms with Gasteiger partial charge in [-0.2, -0.15) is 5.06 Å². The number of hydrogen-bond donors (Lipinski definition) is 3. The molecule has 0 saturated carbocycles. The molecule has 0 spiro atoms. The highest BCUT2D eigenvalue weighted by Crippen LogP contribution is 2.27. The van der Waals surface area contributed by atoms with Gasteiger partial charge in [-0.15, -0.1) is 0 Å². The van der Waals surface area contributed by atoms with E-state index in [1.165, 1.54) is 5.06 Å². The van der Waals surface area contributed by atoms with Crippen molar-refractivity contribution in [3.05, 3.63) is 0 Å².